The quantitative estimate of drug-likeness (QED) is 0.0793. The fourth-order valence-corrected chi connectivity index (χ4v) is 10.1. The number of pyridine rings is 1. The molecule has 12 nitrogen and oxygen atoms in total. The highest BCUT2D eigenvalue weighted by molar-refractivity contribution is 14.1. The third kappa shape index (κ3) is 6.15. The number of hydrogen-bond acceptors (Lipinski definition) is 10. The van der Waals surface area contributed by atoms with E-state index in [1.54, 1.807) is 36.4 Å². The second-order valence-electron chi connectivity index (χ2n) is 14.5. The number of methoxy groups -OCH3 is 1. The molecule has 2 saturated heterocycles. The van der Waals surface area contributed by atoms with Crippen LogP contribution in [0.15, 0.2) is 84.6 Å². The Morgan fingerprint density at radius 2 is 1.71 bits per heavy atom. The Kier molecular flexibility index (Phi) is 10.1. The average molecular weight is 947 g/mol. The van der Waals surface area contributed by atoms with Gasteiger partial charge in [0.1, 0.15) is 0 Å². The number of anilines is 2. The number of carbonyl (C=O) groups is 4. The van der Waals surface area contributed by atoms with Crippen LogP contribution in [0.1, 0.15) is 35.4 Å². The predicted octanol–water partition coefficient (Wildman–Crippen LogP) is 5.60. The molecule has 8 rings (SSSR count). The van der Waals surface area contributed by atoms with Gasteiger partial charge in [0.2, 0.25) is 11.8 Å². The lowest BCUT2D eigenvalue weighted by Crippen LogP contribution is -2.53. The molecule has 58 heavy (non-hydrogen) atoms. The fourth-order valence-electron chi connectivity index (χ4n) is 9.15. The number of benzene rings is 3. The molecule has 298 valence electrons. The van der Waals surface area contributed by atoms with Gasteiger partial charge in [-0.15, -0.1) is 0 Å². The minimum absolute atomic E-state index is 0.0536. The van der Waals surface area contributed by atoms with Crippen LogP contribution < -0.4 is 20.5 Å². The van der Waals surface area contributed by atoms with Crippen LogP contribution in [0.25, 0.3) is 0 Å². The number of phenolic OH excluding ortho intramolecular Hbond substituents is 1. The second kappa shape index (κ2) is 14.5. The van der Waals surface area contributed by atoms with Crippen LogP contribution in [0.3, 0.4) is 0 Å². The number of aromatic hydroxyl groups is 1. The maximum atomic E-state index is 15.4. The van der Waals surface area contributed by atoms with E-state index in [4.69, 9.17) is 27.9 Å². The lowest BCUT2D eigenvalue weighted by Gasteiger charge is -2.50. The Morgan fingerprint density at radius 3 is 2.36 bits per heavy atom. The van der Waals surface area contributed by atoms with Crippen molar-refractivity contribution in [3.8, 4) is 11.5 Å². The van der Waals surface area contributed by atoms with Crippen molar-refractivity contribution in [1.29, 1.82) is 0 Å². The molecule has 1 aromatic heterocycles. The van der Waals surface area contributed by atoms with Crippen LogP contribution in [0.5, 0.6) is 11.5 Å². The first-order chi connectivity index (χ1) is 27.5. The smallest absolute Gasteiger partial charge is 0.488 e. The van der Waals surface area contributed by atoms with Crippen molar-refractivity contribution >= 4 is 93.5 Å². The number of halogens is 6. The van der Waals surface area contributed by atoms with Gasteiger partial charge in [0.25, 0.3) is 11.8 Å². The maximum Gasteiger partial charge on any atom is 0.488 e. The Morgan fingerprint density at radius 1 is 0.983 bits per heavy atom. The first-order valence-electron chi connectivity index (χ1n) is 17.7. The number of carbonyl (C=O) groups excluding carboxylic acids is 4. The summed E-state index contributed by atoms with van der Waals surface area (Å²) in [5.41, 5.74) is 1.13. The van der Waals surface area contributed by atoms with Gasteiger partial charge in [0.15, 0.2) is 17.3 Å². The van der Waals surface area contributed by atoms with E-state index >= 15 is 4.79 Å². The highest BCUT2D eigenvalue weighted by Crippen LogP contribution is 2.64. The van der Waals surface area contributed by atoms with Crippen LogP contribution in [0.2, 0.25) is 10.0 Å². The van der Waals surface area contributed by atoms with E-state index in [0.717, 1.165) is 4.90 Å². The largest absolute Gasteiger partial charge is 0.504 e. The van der Waals surface area contributed by atoms with Crippen molar-refractivity contribution in [1.82, 2.24) is 9.99 Å². The van der Waals surface area contributed by atoms with Crippen molar-refractivity contribution in [2.45, 2.75) is 30.4 Å². The monoisotopic (exact) mass is 946 g/mol. The number of rotatable bonds is 7. The number of aromatic nitrogens is 1. The Labute approximate surface area is 351 Å². The number of hydrazine groups is 1. The number of alkyl halides is 3. The molecule has 19 heteroatoms. The summed E-state index contributed by atoms with van der Waals surface area (Å²) < 4.78 is 46.4. The van der Waals surface area contributed by atoms with Crippen molar-refractivity contribution in [3.63, 3.8) is 0 Å². The van der Waals surface area contributed by atoms with E-state index in [1.807, 2.05) is 22.6 Å². The topological polar surface area (TPSA) is 170 Å². The van der Waals surface area contributed by atoms with Gasteiger partial charge in [-0.25, -0.2) is 4.98 Å². The lowest BCUT2D eigenvalue weighted by atomic mass is 9.49. The third-order valence-corrected chi connectivity index (χ3v) is 13.0. The minimum Gasteiger partial charge on any atom is -0.504 e. The van der Waals surface area contributed by atoms with Crippen molar-refractivity contribution < 1.29 is 52.2 Å². The van der Waals surface area contributed by atoms with Gasteiger partial charge in [-0.05, 0) is 100 Å². The number of nitrogens with zero attached hydrogens (tertiary/aromatic N) is 3. The maximum absolute atomic E-state index is 15.4. The Hall–Kier alpha value is -4.69. The molecule has 4 aliphatic rings. The van der Waals surface area contributed by atoms with Gasteiger partial charge in [0.05, 0.1) is 50.1 Å². The lowest BCUT2D eigenvalue weighted by molar-refractivity contribution is -0.139. The van der Waals surface area contributed by atoms with Crippen LogP contribution in [0.4, 0.5) is 24.7 Å². The first kappa shape index (κ1) is 40.1. The zero-order valence-electron chi connectivity index (χ0n) is 29.9. The highest BCUT2D eigenvalue weighted by Gasteiger charge is 2.70. The molecule has 0 radical (unpaired) electrons. The number of allylic oxidation sites excluding steroid dienone is 2. The van der Waals surface area contributed by atoms with Gasteiger partial charge in [-0.3, -0.25) is 29.5 Å². The van der Waals surface area contributed by atoms with Crippen molar-refractivity contribution in [3.05, 3.63) is 115 Å². The minimum atomic E-state index is -4.78. The second-order valence-corrected chi connectivity index (χ2v) is 16.5. The zero-order valence-corrected chi connectivity index (χ0v) is 33.5. The zero-order chi connectivity index (χ0) is 41.6. The van der Waals surface area contributed by atoms with Crippen molar-refractivity contribution in [2.75, 3.05) is 17.4 Å². The summed E-state index contributed by atoms with van der Waals surface area (Å²) in [6, 6.07) is 15.8. The summed E-state index contributed by atoms with van der Waals surface area (Å²) in [5, 5.41) is 31.1. The summed E-state index contributed by atoms with van der Waals surface area (Å²) in [5.74, 6) is -8.31. The summed E-state index contributed by atoms with van der Waals surface area (Å²) in [6.45, 7) is 0. The molecule has 0 spiro atoms. The van der Waals surface area contributed by atoms with Crippen molar-refractivity contribution in [2.24, 2.45) is 23.7 Å². The number of imide groups is 2. The number of phenols is 1. The molecule has 6 unspecified atom stereocenters. The van der Waals surface area contributed by atoms with Gasteiger partial charge in [-0.2, -0.15) is 18.2 Å². The standard InChI is InChI=1S/C39H29BCl2F3IN4O8/c1-58-29-12-17(11-28(46)32(29)51)31-23-9-10-24-30(36(54)49(34(24)52)22-4-2-3-20(14-22)40(56)57)25(23)15-26-35(53)50(37(55)38(26,31)18-5-7-21(41)8-6-18)48-33-27(42)13-19(16-47-33)39(43,44)45/h2-9,11-14,16,24-26,30-31,51,56-57H,10,15H2,1H3,(H,47,48). The SMILES string of the molecule is COc1cc(C2C3=CCC4C(=O)N(c5cccc(B(O)O)c5)C(=O)C4C3CC3C(=O)N(Nc4ncc(C(F)(F)F)cc4Cl)C(=O)C32c2ccc(Cl)cc2)cc(I)c1O. The molecule has 2 aliphatic heterocycles. The highest BCUT2D eigenvalue weighted by atomic mass is 127. The van der Waals surface area contributed by atoms with Gasteiger partial charge in [0, 0.05) is 17.1 Å². The number of fused-ring (bicyclic) bond motifs is 4. The Balaban J connectivity index is 1.32. The molecule has 4 amide bonds. The Bertz CT molecular complexity index is 2460. The first-order valence-corrected chi connectivity index (χ1v) is 19.6. The van der Waals surface area contributed by atoms with E-state index in [2.05, 4.69) is 10.4 Å². The van der Waals surface area contributed by atoms with E-state index < -0.39 is 88.3 Å². The van der Waals surface area contributed by atoms with E-state index in [1.165, 1.54) is 37.4 Å². The number of hydrogen-bond donors (Lipinski definition) is 4. The number of nitrogens with one attached hydrogen (secondary N) is 1. The molecule has 3 aromatic carbocycles. The van der Waals surface area contributed by atoms with Gasteiger partial charge in [-0.1, -0.05) is 59.1 Å². The fraction of sp³-hybridized carbons (Fsp3) is 0.256. The predicted molar refractivity (Wildman–Crippen MR) is 213 cm³/mol. The van der Waals surface area contributed by atoms with Crippen LogP contribution >= 0.6 is 45.8 Å². The van der Waals surface area contributed by atoms with Gasteiger partial charge >= 0.3 is 13.3 Å². The van der Waals surface area contributed by atoms with Crippen LogP contribution in [-0.2, 0) is 30.8 Å². The molecule has 4 N–H and O–H groups in total. The summed E-state index contributed by atoms with van der Waals surface area (Å²) in [7, 11) is -0.525. The molecular weight excluding hydrogens is 918 g/mol. The number of amides is 4. The van der Waals surface area contributed by atoms with E-state index in [0.29, 0.717) is 42.6 Å². The molecule has 3 heterocycles. The molecule has 3 fully saturated rings. The molecule has 2 aliphatic carbocycles. The summed E-state index contributed by atoms with van der Waals surface area (Å²) in [6.07, 6.45) is -2.52. The van der Waals surface area contributed by atoms with E-state index in [9.17, 15) is 42.7 Å². The normalized spacial score (nSPS) is 25.3. The van der Waals surface area contributed by atoms with E-state index in [-0.39, 0.29) is 35.5 Å². The molecule has 0 bridgehead atoms. The number of ether oxygens (including phenoxy) is 1. The van der Waals surface area contributed by atoms with Crippen LogP contribution in [0, 0.1) is 27.2 Å². The molecule has 1 saturated carbocycles. The van der Waals surface area contributed by atoms with Crippen LogP contribution in [-0.4, -0.2) is 63.0 Å². The third-order valence-electron chi connectivity index (χ3n) is 11.6. The summed E-state index contributed by atoms with van der Waals surface area (Å²) >= 11 is 14.5. The molecule has 6 atom stereocenters. The van der Waals surface area contributed by atoms with Gasteiger partial charge < -0.3 is 19.9 Å². The molecule has 4 aromatic rings. The summed E-state index contributed by atoms with van der Waals surface area (Å²) in [4.78, 5) is 63.9. The molecular formula is C39H29BCl2F3IN4O8. The average Bonchev–Trinajstić information content (AvgIpc) is 3.57.